The molecule has 2 aromatic carbocycles. The van der Waals surface area contributed by atoms with E-state index in [1.165, 1.54) is 0 Å². The topological polar surface area (TPSA) is 52.9 Å². The van der Waals surface area contributed by atoms with Crippen molar-refractivity contribution in [2.45, 2.75) is 32.5 Å². The third kappa shape index (κ3) is 4.04. The molecule has 1 unspecified atom stereocenters. The van der Waals surface area contributed by atoms with Crippen LogP contribution in [0.3, 0.4) is 0 Å². The molecular formula is C28H30N2O4. The molecule has 3 aromatic rings. The third-order valence-electron chi connectivity index (χ3n) is 6.56. The minimum atomic E-state index is -0.231. The van der Waals surface area contributed by atoms with Crippen molar-refractivity contribution in [2.24, 2.45) is 0 Å². The quantitative estimate of drug-likeness (QED) is 0.535. The van der Waals surface area contributed by atoms with Crippen molar-refractivity contribution in [3.05, 3.63) is 78.0 Å². The molecule has 0 saturated carbocycles. The molecule has 0 aliphatic carbocycles. The summed E-state index contributed by atoms with van der Waals surface area (Å²) in [5, 5.41) is 1.08. The number of aromatic nitrogens is 1. The highest BCUT2D eigenvalue weighted by Gasteiger charge is 2.30. The molecule has 0 radical (unpaired) electrons. The molecule has 2 aliphatic heterocycles. The fourth-order valence-corrected chi connectivity index (χ4v) is 4.95. The molecule has 1 aromatic heterocycles. The summed E-state index contributed by atoms with van der Waals surface area (Å²) in [5.41, 5.74) is 6.55. The van der Waals surface area contributed by atoms with Gasteiger partial charge in [-0.3, -0.25) is 4.79 Å². The Kier molecular flexibility index (Phi) is 6.26. The molecule has 3 heterocycles. The highest BCUT2D eigenvalue weighted by molar-refractivity contribution is 6.08. The Morgan fingerprint density at radius 1 is 1.15 bits per heavy atom. The van der Waals surface area contributed by atoms with Crippen LogP contribution in [-0.4, -0.2) is 43.8 Å². The molecule has 0 N–H and O–H groups in total. The Balaban J connectivity index is 1.70. The van der Waals surface area contributed by atoms with E-state index in [-0.39, 0.29) is 12.2 Å². The number of anilines is 1. The van der Waals surface area contributed by atoms with E-state index in [0.29, 0.717) is 13.2 Å². The summed E-state index contributed by atoms with van der Waals surface area (Å²) in [6.07, 6.45) is 2.81. The Morgan fingerprint density at radius 2 is 1.94 bits per heavy atom. The van der Waals surface area contributed by atoms with Crippen LogP contribution in [0.15, 0.2) is 66.7 Å². The van der Waals surface area contributed by atoms with Gasteiger partial charge in [-0.1, -0.05) is 43.0 Å². The van der Waals surface area contributed by atoms with Gasteiger partial charge in [0.25, 0.3) is 0 Å². The number of hydrogen-bond donors (Lipinski definition) is 0. The zero-order chi connectivity index (χ0) is 23.7. The maximum atomic E-state index is 12.4. The number of benzene rings is 2. The minimum Gasteiger partial charge on any atom is -0.417 e. The van der Waals surface area contributed by atoms with E-state index in [1.807, 2.05) is 47.2 Å². The monoisotopic (exact) mass is 458 g/mol. The van der Waals surface area contributed by atoms with Crippen LogP contribution >= 0.6 is 0 Å². The van der Waals surface area contributed by atoms with Gasteiger partial charge in [0, 0.05) is 30.1 Å². The van der Waals surface area contributed by atoms with Gasteiger partial charge in [0.1, 0.15) is 7.11 Å². The van der Waals surface area contributed by atoms with Crippen LogP contribution in [0, 0.1) is 0 Å². The van der Waals surface area contributed by atoms with Gasteiger partial charge in [-0.25, -0.2) is 0 Å². The molecule has 34 heavy (non-hydrogen) atoms. The van der Waals surface area contributed by atoms with Gasteiger partial charge in [-0.05, 0) is 48.6 Å². The molecule has 0 bridgehead atoms. The lowest BCUT2D eigenvalue weighted by Crippen LogP contribution is -2.34. The Labute approximate surface area is 200 Å². The second-order valence-electron chi connectivity index (χ2n) is 8.75. The van der Waals surface area contributed by atoms with Gasteiger partial charge in [0.05, 0.1) is 30.0 Å². The third-order valence-corrected chi connectivity index (χ3v) is 6.56. The Hall–Kier alpha value is -3.35. The number of carbonyl (C=O) groups is 1. The summed E-state index contributed by atoms with van der Waals surface area (Å²) in [4.78, 5) is 20.0. The van der Waals surface area contributed by atoms with E-state index in [1.54, 1.807) is 18.9 Å². The van der Waals surface area contributed by atoms with Crippen LogP contribution in [0.5, 0.6) is 0 Å². The van der Waals surface area contributed by atoms with Gasteiger partial charge in [-0.2, -0.15) is 4.73 Å². The smallest absolute Gasteiger partial charge is 0.224 e. The van der Waals surface area contributed by atoms with Gasteiger partial charge in [0.15, 0.2) is 6.29 Å². The molecule has 1 saturated heterocycles. The number of ether oxygens (including phenoxy) is 2. The molecule has 176 valence electrons. The van der Waals surface area contributed by atoms with Crippen LogP contribution in [0.4, 0.5) is 5.69 Å². The molecule has 2 aliphatic rings. The highest BCUT2D eigenvalue weighted by atomic mass is 16.7. The zero-order valence-corrected chi connectivity index (χ0v) is 19.8. The first kappa shape index (κ1) is 22.4. The van der Waals surface area contributed by atoms with Crippen molar-refractivity contribution in [3.63, 3.8) is 0 Å². The van der Waals surface area contributed by atoms with Crippen LogP contribution in [0.2, 0.25) is 0 Å². The summed E-state index contributed by atoms with van der Waals surface area (Å²) in [6.45, 7) is 7.47. The van der Waals surface area contributed by atoms with Crippen molar-refractivity contribution in [2.75, 3.05) is 31.8 Å². The summed E-state index contributed by atoms with van der Waals surface area (Å²) in [6, 6.07) is 18.2. The van der Waals surface area contributed by atoms with Crippen LogP contribution < -0.4 is 9.74 Å². The fraction of sp³-hybridized carbons (Fsp3) is 0.321. The largest absolute Gasteiger partial charge is 0.417 e. The molecule has 5 rings (SSSR count). The maximum absolute atomic E-state index is 12.4. The Bertz CT molecular complexity index is 1270. The number of fused-ring (bicyclic) bond motifs is 2. The number of rotatable bonds is 5. The molecule has 6 nitrogen and oxygen atoms in total. The average molecular weight is 459 g/mol. The number of para-hydroxylation sites is 2. The fourth-order valence-electron chi connectivity index (χ4n) is 4.95. The van der Waals surface area contributed by atoms with Gasteiger partial charge >= 0.3 is 0 Å². The molecule has 6 heteroatoms. The number of amides is 1. The van der Waals surface area contributed by atoms with Crippen molar-refractivity contribution < 1.29 is 19.1 Å². The van der Waals surface area contributed by atoms with Crippen LogP contribution in [0.1, 0.15) is 37.4 Å². The second kappa shape index (κ2) is 9.49. The van der Waals surface area contributed by atoms with Crippen molar-refractivity contribution in [1.29, 1.82) is 0 Å². The zero-order valence-electron chi connectivity index (χ0n) is 19.8. The lowest BCUT2D eigenvalue weighted by Gasteiger charge is -2.33. The number of hydrogen-bond acceptors (Lipinski definition) is 4. The van der Waals surface area contributed by atoms with E-state index in [0.717, 1.165) is 70.4 Å². The average Bonchev–Trinajstić information content (AvgIpc) is 3.24. The van der Waals surface area contributed by atoms with E-state index >= 15 is 0 Å². The van der Waals surface area contributed by atoms with Crippen LogP contribution in [0.25, 0.3) is 22.0 Å². The SMILES string of the molecule is C=C1CN(C(C)=O)c2ccccc2/C1=C(\COC1CCCCO1)c1cc2ccccc2n1OC. The first-order chi connectivity index (χ1) is 16.6. The first-order valence-corrected chi connectivity index (χ1v) is 11.8. The van der Waals surface area contributed by atoms with E-state index in [2.05, 4.69) is 18.7 Å². The Morgan fingerprint density at radius 3 is 2.71 bits per heavy atom. The summed E-state index contributed by atoms with van der Waals surface area (Å²) in [5.74, 6) is -0.00735. The molecule has 1 atom stereocenters. The van der Waals surface area contributed by atoms with Gasteiger partial charge in [-0.15, -0.1) is 0 Å². The van der Waals surface area contributed by atoms with E-state index in [9.17, 15) is 4.79 Å². The minimum absolute atomic E-state index is 0.00735. The normalized spacial score (nSPS) is 19.8. The lowest BCUT2D eigenvalue weighted by molar-refractivity contribution is -0.154. The van der Waals surface area contributed by atoms with Gasteiger partial charge < -0.3 is 19.2 Å². The molecule has 0 spiro atoms. The maximum Gasteiger partial charge on any atom is 0.224 e. The molecular weight excluding hydrogens is 428 g/mol. The molecule has 1 fully saturated rings. The number of nitrogens with zero attached hydrogens (tertiary/aromatic N) is 2. The van der Waals surface area contributed by atoms with Gasteiger partial charge in [0.2, 0.25) is 5.91 Å². The van der Waals surface area contributed by atoms with E-state index < -0.39 is 0 Å². The molecule has 1 amide bonds. The second-order valence-corrected chi connectivity index (χ2v) is 8.75. The van der Waals surface area contributed by atoms with Crippen molar-refractivity contribution >= 4 is 33.6 Å². The summed E-state index contributed by atoms with van der Waals surface area (Å²) < 4.78 is 14.0. The van der Waals surface area contributed by atoms with Crippen molar-refractivity contribution in [3.8, 4) is 0 Å². The predicted octanol–water partition coefficient (Wildman–Crippen LogP) is 5.08. The standard InChI is InChI=1S/C28H30N2O4/c1-19-17-29(20(2)31)25-13-7-5-11-22(25)28(19)23(18-34-27-14-8-9-15-33-27)26-16-21-10-4-6-12-24(21)30(26)32-3/h4-7,10-13,16,27H,1,8-9,14-15,17-18H2,2-3H3/b28-23+. The van der Waals surface area contributed by atoms with Crippen LogP contribution in [-0.2, 0) is 14.3 Å². The lowest BCUT2D eigenvalue weighted by atomic mass is 9.87. The van der Waals surface area contributed by atoms with Crippen molar-refractivity contribution in [1.82, 2.24) is 4.73 Å². The predicted molar refractivity (Wildman–Crippen MR) is 134 cm³/mol. The van der Waals surface area contributed by atoms with E-state index in [4.69, 9.17) is 14.3 Å². The summed E-state index contributed by atoms with van der Waals surface area (Å²) in [7, 11) is 1.67. The summed E-state index contributed by atoms with van der Waals surface area (Å²) >= 11 is 0. The number of carbonyl (C=O) groups excluding carboxylic acids is 1. The highest BCUT2D eigenvalue weighted by Crippen LogP contribution is 2.42. The first-order valence-electron chi connectivity index (χ1n) is 11.8.